The molecule has 2 amide bonds. The molecule has 14 nitrogen and oxygen atoms in total. The highest BCUT2D eigenvalue weighted by Crippen LogP contribution is 2.22. The fraction of sp³-hybridized carbons (Fsp3) is 0.861. The first-order chi connectivity index (χ1) is 41.4. The molecule has 0 aromatic heterocycles. The molecule has 0 heterocycles. The normalized spacial score (nSPS) is 13.5. The minimum absolute atomic E-state index is 0.0529. The van der Waals surface area contributed by atoms with E-state index in [4.69, 9.17) is 18.9 Å². The van der Waals surface area contributed by atoms with E-state index in [0.717, 1.165) is 103 Å². The molecule has 0 fully saturated rings. The Morgan fingerprint density at radius 1 is 0.395 bits per heavy atom. The van der Waals surface area contributed by atoms with Gasteiger partial charge in [0, 0.05) is 32.1 Å². The topological polar surface area (TPSA) is 204 Å². The van der Waals surface area contributed by atoms with E-state index in [-0.39, 0.29) is 81.9 Å². The summed E-state index contributed by atoms with van der Waals surface area (Å²) in [5.74, 6) is -2.04. The molecule has 0 aromatic carbocycles. The van der Waals surface area contributed by atoms with Crippen molar-refractivity contribution in [2.24, 2.45) is 0 Å². The molecule has 502 valence electrons. The van der Waals surface area contributed by atoms with Gasteiger partial charge in [-0.1, -0.05) is 245 Å². The molecule has 0 spiro atoms. The molecule has 4 unspecified atom stereocenters. The molecule has 0 rings (SSSR count). The maximum atomic E-state index is 13.1. The first-order valence-electron chi connectivity index (χ1n) is 35.3. The Morgan fingerprint density at radius 3 is 1.08 bits per heavy atom. The van der Waals surface area contributed by atoms with E-state index >= 15 is 0 Å². The number of allylic oxidation sites excluding steroid dienone is 2. The number of aliphatic hydroxyl groups excluding tert-OH is 2. The Labute approximate surface area is 525 Å². The number of aliphatic hydroxyl groups is 2. The van der Waals surface area contributed by atoms with Crippen molar-refractivity contribution in [3.05, 3.63) is 24.3 Å². The zero-order valence-corrected chi connectivity index (χ0v) is 56.5. The lowest BCUT2D eigenvalue weighted by molar-refractivity contribution is -0.148. The second-order valence-electron chi connectivity index (χ2n) is 25.9. The van der Waals surface area contributed by atoms with Crippen LogP contribution in [0, 0.1) is 0 Å². The molecule has 0 saturated heterocycles. The van der Waals surface area contributed by atoms with E-state index in [0.29, 0.717) is 19.3 Å². The lowest BCUT2D eigenvalue weighted by atomic mass is 9.98. The molecule has 0 aliphatic heterocycles. The molecule has 4 N–H and O–H groups in total. The maximum absolute atomic E-state index is 13.1. The number of unbranched alkanes of at least 4 members (excludes halogenated alkanes) is 32. The molecule has 0 radical (unpaired) electrons. The number of nitrogens with one attached hydrogen (secondary N) is 2. The monoisotopic (exact) mass is 1220 g/mol. The van der Waals surface area contributed by atoms with Crippen molar-refractivity contribution in [1.82, 2.24) is 10.6 Å². The van der Waals surface area contributed by atoms with Crippen molar-refractivity contribution >= 4 is 35.3 Å². The van der Waals surface area contributed by atoms with Gasteiger partial charge in [0.25, 0.3) is 0 Å². The smallest absolute Gasteiger partial charge is 0.306 e. The van der Waals surface area contributed by atoms with Crippen LogP contribution in [-0.4, -0.2) is 107 Å². The number of carbonyl (C=O) groups is 6. The second-order valence-corrected chi connectivity index (χ2v) is 25.9. The number of rotatable bonds is 63. The summed E-state index contributed by atoms with van der Waals surface area (Å²) in [5, 5.41) is 28.0. The third kappa shape index (κ3) is 53.6. The van der Waals surface area contributed by atoms with E-state index in [9.17, 15) is 39.0 Å². The lowest BCUT2D eigenvalue weighted by Crippen LogP contribution is -2.46. The summed E-state index contributed by atoms with van der Waals surface area (Å²) in [5.41, 5.74) is -1.62. The third-order valence-electron chi connectivity index (χ3n) is 16.2. The van der Waals surface area contributed by atoms with Gasteiger partial charge < -0.3 is 39.8 Å². The van der Waals surface area contributed by atoms with Gasteiger partial charge in [0.05, 0.1) is 54.9 Å². The molecular weight excluding hydrogens is 1080 g/mol. The van der Waals surface area contributed by atoms with Crippen LogP contribution in [0.25, 0.3) is 0 Å². The van der Waals surface area contributed by atoms with Crippen molar-refractivity contribution in [1.29, 1.82) is 0 Å². The number of esters is 2. The third-order valence-corrected chi connectivity index (χ3v) is 16.2. The largest absolute Gasteiger partial charge is 0.463 e. The van der Waals surface area contributed by atoms with Crippen LogP contribution in [0.15, 0.2) is 24.3 Å². The van der Waals surface area contributed by atoms with Crippen molar-refractivity contribution in [2.45, 2.75) is 373 Å². The molecule has 14 heteroatoms. The average molecular weight is 1220 g/mol. The van der Waals surface area contributed by atoms with Crippen LogP contribution < -0.4 is 10.6 Å². The number of hydrogen-bond acceptors (Lipinski definition) is 12. The predicted octanol–water partition coefficient (Wildman–Crippen LogP) is 16.8. The van der Waals surface area contributed by atoms with Crippen LogP contribution in [0.3, 0.4) is 0 Å². The minimum atomic E-state index is -1.04. The molecular formula is C72H132N2O12. The van der Waals surface area contributed by atoms with Crippen LogP contribution >= 0.6 is 0 Å². The number of ether oxygens (including phenoxy) is 4. The van der Waals surface area contributed by atoms with E-state index in [1.807, 2.05) is 26.0 Å². The maximum Gasteiger partial charge on any atom is 0.306 e. The molecule has 0 aliphatic rings. The quantitative estimate of drug-likeness (QED) is 0.0255. The van der Waals surface area contributed by atoms with Gasteiger partial charge in [-0.25, -0.2) is 0 Å². The summed E-state index contributed by atoms with van der Waals surface area (Å²) < 4.78 is 23.1. The summed E-state index contributed by atoms with van der Waals surface area (Å²) in [7, 11) is 0. The highest BCUT2D eigenvalue weighted by Gasteiger charge is 2.28. The van der Waals surface area contributed by atoms with Gasteiger partial charge in [-0.3, -0.25) is 28.8 Å². The Bertz CT molecular complexity index is 1750. The fourth-order valence-electron chi connectivity index (χ4n) is 10.3. The lowest BCUT2D eigenvalue weighted by Gasteiger charge is -2.29. The van der Waals surface area contributed by atoms with Crippen LogP contribution in [0.2, 0.25) is 0 Å². The molecule has 0 aromatic rings. The highest BCUT2D eigenvalue weighted by molar-refractivity contribution is 5.84. The van der Waals surface area contributed by atoms with Crippen LogP contribution in [0.5, 0.6) is 0 Å². The second kappa shape index (κ2) is 56.8. The summed E-state index contributed by atoms with van der Waals surface area (Å²) in [6, 6.07) is -1.63. The van der Waals surface area contributed by atoms with Gasteiger partial charge in [0.1, 0.15) is 25.6 Å². The molecule has 4 atom stereocenters. The van der Waals surface area contributed by atoms with E-state index in [1.54, 1.807) is 26.0 Å². The molecule has 86 heavy (non-hydrogen) atoms. The zero-order valence-electron chi connectivity index (χ0n) is 56.5. The minimum Gasteiger partial charge on any atom is -0.463 e. The molecule has 0 saturated carbocycles. The Hall–Kier alpha value is -3.46. The SMILES string of the molecule is CCCCCCCCCCCCC/C=C/C(O)C(COC(=O)CCC(=O)COC(C)(C)CCOC(C)(C)CC(=O)CCC(=O)OCC(NC(=O)CCCCCCCC)C(O)/C=C/CCCCCCCCCCCCC)NC(=O)CCCCCCCC. The number of amides is 2. The van der Waals surface area contributed by atoms with E-state index in [1.165, 1.54) is 128 Å². The van der Waals surface area contributed by atoms with E-state index in [2.05, 4.69) is 38.3 Å². The molecule has 0 aliphatic carbocycles. The summed E-state index contributed by atoms with van der Waals surface area (Å²) in [6.07, 6.45) is 47.7. The number of Topliss-reactive ketones (excluding diaryl/α,β-unsaturated/α-hetero) is 2. The van der Waals surface area contributed by atoms with Crippen LogP contribution in [0.1, 0.15) is 338 Å². The Morgan fingerprint density at radius 2 is 0.721 bits per heavy atom. The van der Waals surface area contributed by atoms with Crippen molar-refractivity contribution in [2.75, 3.05) is 26.4 Å². The summed E-state index contributed by atoms with van der Waals surface area (Å²) in [4.78, 5) is 77.7. The van der Waals surface area contributed by atoms with Crippen LogP contribution in [0.4, 0.5) is 0 Å². The first kappa shape index (κ1) is 82.5. The van der Waals surface area contributed by atoms with Gasteiger partial charge in [0.15, 0.2) is 5.78 Å². The van der Waals surface area contributed by atoms with Gasteiger partial charge >= 0.3 is 11.9 Å². The first-order valence-corrected chi connectivity index (χ1v) is 35.3. The number of ketones is 2. The number of carbonyl (C=O) groups excluding carboxylic acids is 6. The van der Waals surface area contributed by atoms with Crippen molar-refractivity contribution in [3.63, 3.8) is 0 Å². The van der Waals surface area contributed by atoms with E-state index < -0.39 is 47.4 Å². The Kier molecular flexibility index (Phi) is 54.5. The predicted molar refractivity (Wildman–Crippen MR) is 352 cm³/mol. The standard InChI is InChI=1S/C72H132N2O12/c1-9-13-17-21-25-27-29-31-33-35-37-39-43-47-65(77)63(73-67(79)49-45-41-23-19-15-11-3)59-83-69(81)53-51-61(75)57-72(7,8)85-56-55-71(5,6)86-58-62(76)52-54-70(82)84-60-64(74-68(80)50-46-42-24-20-16-12-4)66(78)48-44-40-38-36-34-32-30-28-26-22-18-14-10-2/h43-44,47-48,63-66,77-78H,9-42,45-46,49-60H2,1-8H3,(H,73,79)(H,74,80)/b47-43+,48-44+. The zero-order chi connectivity index (χ0) is 63.8. The van der Waals surface area contributed by atoms with Gasteiger partial charge in [0.2, 0.25) is 11.8 Å². The summed E-state index contributed by atoms with van der Waals surface area (Å²) >= 11 is 0. The van der Waals surface area contributed by atoms with Crippen molar-refractivity contribution in [3.8, 4) is 0 Å². The molecule has 0 bridgehead atoms. The average Bonchev–Trinajstić information content (AvgIpc) is 3.70. The van der Waals surface area contributed by atoms with Crippen LogP contribution in [-0.2, 0) is 47.7 Å². The fourth-order valence-corrected chi connectivity index (χ4v) is 10.3. The Balaban J connectivity index is 4.97. The van der Waals surface area contributed by atoms with Crippen molar-refractivity contribution < 1.29 is 57.9 Å². The van der Waals surface area contributed by atoms with Gasteiger partial charge in [-0.2, -0.15) is 0 Å². The van der Waals surface area contributed by atoms with Gasteiger partial charge in [-0.15, -0.1) is 0 Å². The summed E-state index contributed by atoms with van der Waals surface area (Å²) in [6.45, 7) is 15.7. The van der Waals surface area contributed by atoms with Gasteiger partial charge in [-0.05, 0) is 72.6 Å². The highest BCUT2D eigenvalue weighted by atomic mass is 16.5. The number of hydrogen-bond donors (Lipinski definition) is 4.